The lowest BCUT2D eigenvalue weighted by molar-refractivity contribution is -0.122. The molecule has 0 aromatic carbocycles. The van der Waals surface area contributed by atoms with Crippen LogP contribution in [0, 0.1) is 6.92 Å². The summed E-state index contributed by atoms with van der Waals surface area (Å²) in [6, 6.07) is 4.90. The molecule has 4 rings (SSSR count). The van der Waals surface area contributed by atoms with Gasteiger partial charge in [-0.2, -0.15) is 4.98 Å². The first-order chi connectivity index (χ1) is 15.5. The van der Waals surface area contributed by atoms with E-state index in [0.717, 1.165) is 24.8 Å². The number of aromatic hydroxyl groups is 1. The highest BCUT2D eigenvalue weighted by Crippen LogP contribution is 2.44. The molecule has 0 atom stereocenters. The molecule has 1 fully saturated rings. The fourth-order valence-corrected chi connectivity index (χ4v) is 4.32. The summed E-state index contributed by atoms with van der Waals surface area (Å²) < 4.78 is 11.0. The van der Waals surface area contributed by atoms with Crippen LogP contribution in [0.3, 0.4) is 0 Å². The van der Waals surface area contributed by atoms with Crippen molar-refractivity contribution < 1.29 is 18.8 Å². The summed E-state index contributed by atoms with van der Waals surface area (Å²) in [6.07, 6.45) is 8.06. The van der Waals surface area contributed by atoms with Crippen molar-refractivity contribution in [2.24, 2.45) is 0 Å². The maximum absolute atomic E-state index is 12.8. The summed E-state index contributed by atoms with van der Waals surface area (Å²) in [4.78, 5) is 33.3. The third-order valence-electron chi connectivity index (χ3n) is 5.89. The van der Waals surface area contributed by atoms with Gasteiger partial charge in [0.1, 0.15) is 5.76 Å². The number of aryl methyl sites for hydroxylation is 1. The van der Waals surface area contributed by atoms with Gasteiger partial charge in [-0.05, 0) is 31.9 Å². The van der Waals surface area contributed by atoms with Crippen LogP contribution in [-0.4, -0.2) is 32.7 Å². The first kappa shape index (κ1) is 21.7. The minimum absolute atomic E-state index is 0.137. The Kier molecular flexibility index (Phi) is 6.34. The molecule has 0 unspecified atom stereocenters. The fourth-order valence-electron chi connectivity index (χ4n) is 4.32. The molecule has 3 aromatic rings. The average Bonchev–Trinajstić information content (AvgIpc) is 3.26. The minimum Gasteiger partial charge on any atom is -0.502 e. The molecule has 0 radical (unpaired) electrons. The van der Waals surface area contributed by atoms with Crippen molar-refractivity contribution in [2.75, 3.05) is 6.54 Å². The average molecular weight is 438 g/mol. The molecule has 0 bridgehead atoms. The number of pyridine rings is 1. The highest BCUT2D eigenvalue weighted by molar-refractivity contribution is 5.77. The number of carbonyl (C=O) groups is 1. The lowest BCUT2D eigenvalue weighted by Gasteiger charge is -2.36. The van der Waals surface area contributed by atoms with Crippen molar-refractivity contribution in [3.05, 3.63) is 58.2 Å². The molecule has 1 aliphatic rings. The molecular weight excluding hydrogens is 412 g/mol. The lowest BCUT2D eigenvalue weighted by atomic mass is 9.69. The second kappa shape index (κ2) is 9.33. The summed E-state index contributed by atoms with van der Waals surface area (Å²) in [5.41, 5.74) is -0.407. The Morgan fingerprint density at radius 2 is 2.09 bits per heavy atom. The smallest absolute Gasteiger partial charge is 0.228 e. The largest absolute Gasteiger partial charge is 0.502 e. The predicted molar refractivity (Wildman–Crippen MR) is 115 cm³/mol. The van der Waals surface area contributed by atoms with Crippen LogP contribution in [0.25, 0.3) is 11.4 Å². The van der Waals surface area contributed by atoms with Gasteiger partial charge in [-0.1, -0.05) is 24.4 Å². The van der Waals surface area contributed by atoms with E-state index in [1.54, 1.807) is 25.4 Å². The van der Waals surface area contributed by atoms with E-state index in [1.165, 1.54) is 6.07 Å². The first-order valence-corrected chi connectivity index (χ1v) is 10.8. The zero-order valence-corrected chi connectivity index (χ0v) is 18.0. The van der Waals surface area contributed by atoms with Crippen molar-refractivity contribution in [3.63, 3.8) is 0 Å². The van der Waals surface area contributed by atoms with E-state index >= 15 is 0 Å². The van der Waals surface area contributed by atoms with E-state index < -0.39 is 10.8 Å². The molecule has 1 aliphatic carbocycles. The van der Waals surface area contributed by atoms with Gasteiger partial charge in [0.25, 0.3) is 0 Å². The summed E-state index contributed by atoms with van der Waals surface area (Å²) >= 11 is 0. The fraction of sp³-hybridized carbons (Fsp3) is 0.435. The van der Waals surface area contributed by atoms with Crippen LogP contribution in [0.2, 0.25) is 0 Å². The second-order valence-electron chi connectivity index (χ2n) is 8.27. The zero-order valence-electron chi connectivity index (χ0n) is 18.0. The summed E-state index contributed by atoms with van der Waals surface area (Å²) in [7, 11) is 0. The van der Waals surface area contributed by atoms with E-state index in [-0.39, 0.29) is 23.8 Å². The van der Waals surface area contributed by atoms with Gasteiger partial charge in [-0.3, -0.25) is 14.6 Å². The van der Waals surface area contributed by atoms with Crippen molar-refractivity contribution >= 4 is 5.91 Å². The normalized spacial score (nSPS) is 15.4. The number of aromatic nitrogens is 3. The molecule has 2 N–H and O–H groups in total. The Hall–Kier alpha value is -3.49. The Labute approximate surface area is 184 Å². The van der Waals surface area contributed by atoms with E-state index in [0.29, 0.717) is 43.3 Å². The molecule has 32 heavy (non-hydrogen) atoms. The number of hydrogen-bond acceptors (Lipinski definition) is 8. The van der Waals surface area contributed by atoms with Crippen molar-refractivity contribution in [2.45, 2.75) is 57.3 Å². The molecular formula is C23H26N4O5. The van der Waals surface area contributed by atoms with Crippen LogP contribution in [0.1, 0.15) is 55.9 Å². The van der Waals surface area contributed by atoms with Crippen LogP contribution in [0.4, 0.5) is 0 Å². The molecule has 1 amide bonds. The van der Waals surface area contributed by atoms with Gasteiger partial charge >= 0.3 is 0 Å². The van der Waals surface area contributed by atoms with Crippen LogP contribution < -0.4 is 10.7 Å². The molecule has 168 valence electrons. The predicted octanol–water partition coefficient (Wildman–Crippen LogP) is 3.05. The van der Waals surface area contributed by atoms with E-state index in [2.05, 4.69) is 20.4 Å². The van der Waals surface area contributed by atoms with E-state index in [9.17, 15) is 14.7 Å². The third-order valence-corrected chi connectivity index (χ3v) is 5.89. The number of nitrogens with one attached hydrogen (secondary N) is 1. The van der Waals surface area contributed by atoms with Gasteiger partial charge in [-0.15, -0.1) is 0 Å². The van der Waals surface area contributed by atoms with Crippen molar-refractivity contribution in [1.29, 1.82) is 0 Å². The molecule has 9 nitrogen and oxygen atoms in total. The van der Waals surface area contributed by atoms with Gasteiger partial charge in [0.05, 0.1) is 0 Å². The molecule has 0 spiro atoms. The molecule has 3 aromatic heterocycles. The van der Waals surface area contributed by atoms with Gasteiger partial charge in [0.2, 0.25) is 28.8 Å². The number of amides is 1. The molecule has 3 heterocycles. The topological polar surface area (TPSA) is 131 Å². The molecule has 0 saturated heterocycles. The SMILES string of the molecule is Cc1cc(=O)c(O)c(C2(CC(=O)NCCc3nc(-c4cccnc4)no3)CCCCC2)o1. The Balaban J connectivity index is 1.41. The van der Waals surface area contributed by atoms with Gasteiger partial charge in [-0.25, -0.2) is 0 Å². The van der Waals surface area contributed by atoms with Crippen molar-refractivity contribution in [1.82, 2.24) is 20.4 Å². The van der Waals surface area contributed by atoms with Crippen LogP contribution >= 0.6 is 0 Å². The van der Waals surface area contributed by atoms with Gasteiger partial charge in [0, 0.05) is 48.8 Å². The Bertz CT molecular complexity index is 1130. The highest BCUT2D eigenvalue weighted by Gasteiger charge is 2.41. The van der Waals surface area contributed by atoms with Crippen LogP contribution in [0.15, 0.2) is 44.3 Å². The van der Waals surface area contributed by atoms with E-state index in [4.69, 9.17) is 8.94 Å². The maximum atomic E-state index is 12.8. The van der Waals surface area contributed by atoms with Crippen LogP contribution in [-0.2, 0) is 16.6 Å². The maximum Gasteiger partial charge on any atom is 0.228 e. The number of carbonyl (C=O) groups excluding carboxylic acids is 1. The molecule has 0 aliphatic heterocycles. The number of hydrogen-bond donors (Lipinski definition) is 2. The first-order valence-electron chi connectivity index (χ1n) is 10.8. The summed E-state index contributed by atoms with van der Waals surface area (Å²) in [5, 5.41) is 17.2. The van der Waals surface area contributed by atoms with Crippen LogP contribution in [0.5, 0.6) is 5.75 Å². The second-order valence-corrected chi connectivity index (χ2v) is 8.27. The summed E-state index contributed by atoms with van der Waals surface area (Å²) in [5.74, 6) is 0.954. The Morgan fingerprint density at radius 1 is 1.28 bits per heavy atom. The number of nitrogens with zero attached hydrogens (tertiary/aromatic N) is 3. The monoisotopic (exact) mass is 438 g/mol. The highest BCUT2D eigenvalue weighted by atomic mass is 16.5. The standard InChI is InChI=1S/C23H26N4O5/c1-15-12-17(28)20(30)21(31-15)23(8-3-2-4-9-23)13-18(29)25-11-7-19-26-22(27-32-19)16-6-5-10-24-14-16/h5-6,10,12,14,30H,2-4,7-9,11,13H2,1H3,(H,25,29). The third kappa shape index (κ3) is 4.71. The molecule has 1 saturated carbocycles. The zero-order chi connectivity index (χ0) is 22.6. The van der Waals surface area contributed by atoms with E-state index in [1.807, 2.05) is 6.07 Å². The van der Waals surface area contributed by atoms with Gasteiger partial charge in [0.15, 0.2) is 5.76 Å². The number of rotatable bonds is 7. The Morgan fingerprint density at radius 3 is 2.84 bits per heavy atom. The van der Waals surface area contributed by atoms with Gasteiger partial charge < -0.3 is 19.4 Å². The lowest BCUT2D eigenvalue weighted by Crippen LogP contribution is -2.38. The van der Waals surface area contributed by atoms with Crippen molar-refractivity contribution in [3.8, 4) is 17.1 Å². The minimum atomic E-state index is -0.685. The quantitative estimate of drug-likeness (QED) is 0.575. The molecule has 9 heteroatoms. The summed E-state index contributed by atoms with van der Waals surface area (Å²) in [6.45, 7) is 2.00.